The summed E-state index contributed by atoms with van der Waals surface area (Å²) in [6.45, 7) is 6.22. The van der Waals surface area contributed by atoms with Crippen LogP contribution in [0.5, 0.6) is 0 Å². The van der Waals surface area contributed by atoms with Gasteiger partial charge >= 0.3 is 12.0 Å². The highest BCUT2D eigenvalue weighted by molar-refractivity contribution is 5.74. The molecule has 2 heterocycles. The second-order valence-corrected chi connectivity index (χ2v) is 6.42. The molecule has 2 fully saturated rings. The molecule has 2 amide bonds. The summed E-state index contributed by atoms with van der Waals surface area (Å²) < 4.78 is 0. The number of hydrogen-bond donors (Lipinski definition) is 1. The first-order chi connectivity index (χ1) is 9.97. The molecule has 2 rings (SSSR count). The molecule has 0 radical (unpaired) electrons. The summed E-state index contributed by atoms with van der Waals surface area (Å²) in [5, 5.41) is 8.73. The molecule has 0 aliphatic carbocycles. The van der Waals surface area contributed by atoms with Crippen LogP contribution >= 0.6 is 0 Å². The van der Waals surface area contributed by atoms with E-state index in [4.69, 9.17) is 5.11 Å². The van der Waals surface area contributed by atoms with Gasteiger partial charge in [0.2, 0.25) is 0 Å². The fourth-order valence-corrected chi connectivity index (χ4v) is 3.16. The lowest BCUT2D eigenvalue weighted by Crippen LogP contribution is -2.56. The molecule has 1 atom stereocenters. The van der Waals surface area contributed by atoms with Gasteiger partial charge in [0.25, 0.3) is 0 Å². The Hall–Kier alpha value is -1.30. The summed E-state index contributed by atoms with van der Waals surface area (Å²) in [5.41, 5.74) is 0. The molecule has 0 aromatic carbocycles. The summed E-state index contributed by atoms with van der Waals surface area (Å²) in [6, 6.07) is 0.572. The Kier molecular flexibility index (Phi) is 5.45. The van der Waals surface area contributed by atoms with Gasteiger partial charge in [-0.2, -0.15) is 0 Å². The van der Waals surface area contributed by atoms with Crippen LogP contribution in [-0.4, -0.2) is 77.6 Å². The van der Waals surface area contributed by atoms with Gasteiger partial charge in [0.1, 0.15) is 0 Å². The Morgan fingerprint density at radius 3 is 2.33 bits per heavy atom. The third-order valence-corrected chi connectivity index (χ3v) is 4.88. The van der Waals surface area contributed by atoms with Crippen molar-refractivity contribution < 1.29 is 14.7 Å². The first-order valence-electron chi connectivity index (χ1n) is 7.93. The maximum absolute atomic E-state index is 12.5. The van der Waals surface area contributed by atoms with Gasteiger partial charge in [0.05, 0.1) is 0 Å². The van der Waals surface area contributed by atoms with E-state index in [1.807, 2.05) is 9.80 Å². The van der Waals surface area contributed by atoms with Crippen molar-refractivity contribution in [1.82, 2.24) is 14.7 Å². The Bertz CT molecular complexity index is 380. The maximum atomic E-state index is 12.5. The number of urea groups is 1. The number of hydrogen-bond acceptors (Lipinski definition) is 3. The van der Waals surface area contributed by atoms with Crippen LogP contribution in [0.2, 0.25) is 0 Å². The third-order valence-electron chi connectivity index (χ3n) is 4.88. The molecule has 6 heteroatoms. The van der Waals surface area contributed by atoms with Crippen LogP contribution in [-0.2, 0) is 4.79 Å². The molecule has 0 saturated carbocycles. The molecular weight excluding hydrogens is 270 g/mol. The van der Waals surface area contributed by atoms with Crippen molar-refractivity contribution in [3.8, 4) is 0 Å². The summed E-state index contributed by atoms with van der Waals surface area (Å²) in [7, 11) is 2.10. The van der Waals surface area contributed by atoms with Crippen molar-refractivity contribution in [2.45, 2.75) is 38.6 Å². The van der Waals surface area contributed by atoms with E-state index < -0.39 is 5.97 Å². The zero-order valence-corrected chi connectivity index (χ0v) is 13.1. The number of amides is 2. The van der Waals surface area contributed by atoms with Gasteiger partial charge in [-0.05, 0) is 39.2 Å². The summed E-state index contributed by atoms with van der Waals surface area (Å²) in [5.74, 6) is -0.267. The van der Waals surface area contributed by atoms with Crippen molar-refractivity contribution in [2.75, 3.05) is 39.8 Å². The van der Waals surface area contributed by atoms with E-state index in [1.54, 1.807) is 0 Å². The second-order valence-electron chi connectivity index (χ2n) is 6.42. The minimum Gasteiger partial charge on any atom is -0.481 e. The number of carbonyl (C=O) groups excluding carboxylic acids is 1. The highest BCUT2D eigenvalue weighted by atomic mass is 16.4. The minimum atomic E-state index is -0.722. The predicted molar refractivity (Wildman–Crippen MR) is 80.2 cm³/mol. The molecule has 0 aromatic rings. The van der Waals surface area contributed by atoms with Crippen molar-refractivity contribution in [2.24, 2.45) is 5.92 Å². The number of likely N-dealkylation sites (N-methyl/N-ethyl adjacent to an activating group) is 1. The van der Waals surface area contributed by atoms with E-state index in [1.165, 1.54) is 0 Å². The largest absolute Gasteiger partial charge is 0.481 e. The monoisotopic (exact) mass is 297 g/mol. The fourth-order valence-electron chi connectivity index (χ4n) is 3.16. The number of rotatable bonds is 3. The lowest BCUT2D eigenvalue weighted by Gasteiger charge is -2.41. The number of piperazine rings is 1. The lowest BCUT2D eigenvalue weighted by atomic mass is 9.92. The van der Waals surface area contributed by atoms with Crippen LogP contribution in [0.4, 0.5) is 4.79 Å². The van der Waals surface area contributed by atoms with Gasteiger partial charge in [-0.25, -0.2) is 4.79 Å². The molecule has 1 unspecified atom stereocenters. The number of piperidine rings is 1. The van der Waals surface area contributed by atoms with Gasteiger partial charge in [0, 0.05) is 45.2 Å². The van der Waals surface area contributed by atoms with Crippen LogP contribution in [0, 0.1) is 5.92 Å². The second kappa shape index (κ2) is 7.11. The van der Waals surface area contributed by atoms with Crippen molar-refractivity contribution in [3.63, 3.8) is 0 Å². The van der Waals surface area contributed by atoms with E-state index >= 15 is 0 Å². The number of carbonyl (C=O) groups is 2. The van der Waals surface area contributed by atoms with E-state index in [2.05, 4.69) is 18.9 Å². The summed E-state index contributed by atoms with van der Waals surface area (Å²) in [6.07, 6.45) is 2.85. The van der Waals surface area contributed by atoms with Crippen LogP contribution in [0.15, 0.2) is 0 Å². The van der Waals surface area contributed by atoms with Gasteiger partial charge in [-0.15, -0.1) is 0 Å². The molecule has 120 valence electrons. The molecule has 6 nitrogen and oxygen atoms in total. The molecule has 0 spiro atoms. The van der Waals surface area contributed by atoms with Crippen LogP contribution in [0.25, 0.3) is 0 Å². The average molecular weight is 297 g/mol. The molecule has 2 aliphatic rings. The Balaban J connectivity index is 1.76. The van der Waals surface area contributed by atoms with Crippen LogP contribution in [0.1, 0.15) is 32.6 Å². The Labute approximate surface area is 126 Å². The predicted octanol–water partition coefficient (Wildman–Crippen LogP) is 1.32. The van der Waals surface area contributed by atoms with Crippen molar-refractivity contribution >= 4 is 12.0 Å². The van der Waals surface area contributed by atoms with E-state index in [0.29, 0.717) is 12.0 Å². The summed E-state index contributed by atoms with van der Waals surface area (Å²) >= 11 is 0. The van der Waals surface area contributed by atoms with Crippen LogP contribution in [0.3, 0.4) is 0 Å². The SMILES string of the molecule is CC1CN(C(=O)N2CCC(CCC(=O)O)CC2)CCN1C. The molecule has 2 saturated heterocycles. The molecule has 0 bridgehead atoms. The van der Waals surface area contributed by atoms with Crippen molar-refractivity contribution in [3.05, 3.63) is 0 Å². The average Bonchev–Trinajstić information content (AvgIpc) is 2.48. The molecule has 1 N–H and O–H groups in total. The van der Waals surface area contributed by atoms with Gasteiger partial charge in [0.15, 0.2) is 0 Å². The number of nitrogens with zero attached hydrogens (tertiary/aromatic N) is 3. The Morgan fingerprint density at radius 1 is 1.10 bits per heavy atom. The van der Waals surface area contributed by atoms with E-state index in [-0.39, 0.29) is 12.5 Å². The zero-order valence-electron chi connectivity index (χ0n) is 13.1. The normalized spacial score (nSPS) is 25.1. The first kappa shape index (κ1) is 16.1. The first-order valence-corrected chi connectivity index (χ1v) is 7.93. The Morgan fingerprint density at radius 2 is 1.76 bits per heavy atom. The number of carboxylic acid groups (broad SMARTS) is 1. The quantitative estimate of drug-likeness (QED) is 0.853. The topological polar surface area (TPSA) is 64.1 Å². The van der Waals surface area contributed by atoms with Gasteiger partial charge in [-0.3, -0.25) is 4.79 Å². The van der Waals surface area contributed by atoms with Gasteiger partial charge in [-0.1, -0.05) is 0 Å². The fraction of sp³-hybridized carbons (Fsp3) is 0.867. The smallest absolute Gasteiger partial charge is 0.320 e. The molecular formula is C15H27N3O3. The molecule has 0 aromatic heterocycles. The highest BCUT2D eigenvalue weighted by Crippen LogP contribution is 2.23. The molecule has 21 heavy (non-hydrogen) atoms. The standard InChI is InChI=1S/C15H27N3O3/c1-12-11-18(10-9-16(12)2)15(21)17-7-5-13(6-8-17)3-4-14(19)20/h12-13H,3-11H2,1-2H3,(H,19,20). The zero-order chi connectivity index (χ0) is 15.4. The lowest BCUT2D eigenvalue weighted by molar-refractivity contribution is -0.137. The number of aliphatic carboxylic acids is 1. The van der Waals surface area contributed by atoms with Crippen LogP contribution < -0.4 is 0 Å². The minimum absolute atomic E-state index is 0.159. The number of carboxylic acids is 1. The number of likely N-dealkylation sites (tertiary alicyclic amines) is 1. The van der Waals surface area contributed by atoms with Gasteiger partial charge < -0.3 is 19.8 Å². The third kappa shape index (κ3) is 4.33. The summed E-state index contributed by atoms with van der Waals surface area (Å²) in [4.78, 5) is 29.3. The van der Waals surface area contributed by atoms with Crippen molar-refractivity contribution in [1.29, 1.82) is 0 Å². The molecule has 2 aliphatic heterocycles. The maximum Gasteiger partial charge on any atom is 0.320 e. The van der Waals surface area contributed by atoms with E-state index in [0.717, 1.165) is 52.0 Å². The van der Waals surface area contributed by atoms with E-state index in [9.17, 15) is 9.59 Å². The highest BCUT2D eigenvalue weighted by Gasteiger charge is 2.30.